The van der Waals surface area contributed by atoms with Crippen molar-refractivity contribution < 1.29 is 24.3 Å². The maximum Gasteiger partial charge on any atom is 0.303 e. The minimum Gasteiger partial charge on any atom is -0.481 e. The highest BCUT2D eigenvalue weighted by atomic mass is 35.5. The van der Waals surface area contributed by atoms with Crippen LogP contribution in [0.15, 0.2) is 94.5 Å². The van der Waals surface area contributed by atoms with E-state index in [-0.39, 0.29) is 59.2 Å². The Morgan fingerprint density at radius 1 is 0.620 bits per heavy atom. The second kappa shape index (κ2) is 22.1. The average molecular weight is 1010 g/mol. The molecule has 10 rings (SSSR count). The van der Waals surface area contributed by atoms with Gasteiger partial charge in [-0.15, -0.1) is 0 Å². The predicted octanol–water partition coefficient (Wildman–Crippen LogP) is 6.11. The smallest absolute Gasteiger partial charge is 0.303 e. The molecule has 19 heteroatoms. The molecule has 4 fully saturated rings. The van der Waals surface area contributed by atoms with Crippen LogP contribution in [0.4, 0.5) is 11.4 Å². The van der Waals surface area contributed by atoms with E-state index < -0.39 is 5.97 Å². The Balaban J connectivity index is 0.000000158. The molecule has 2 saturated heterocycles. The number of carboxylic acids is 1. The van der Waals surface area contributed by atoms with Crippen LogP contribution in [-0.4, -0.2) is 117 Å². The summed E-state index contributed by atoms with van der Waals surface area (Å²) < 4.78 is 0. The highest BCUT2D eigenvalue weighted by Gasteiger charge is 2.39. The Morgan fingerprint density at radius 3 is 1.49 bits per heavy atom. The van der Waals surface area contributed by atoms with E-state index in [9.17, 15) is 28.8 Å². The van der Waals surface area contributed by atoms with Crippen molar-refractivity contribution in [2.75, 3.05) is 62.2 Å². The molecule has 0 unspecified atom stereocenters. The lowest BCUT2D eigenvalue weighted by molar-refractivity contribution is -0.137. The van der Waals surface area contributed by atoms with Gasteiger partial charge in [0.15, 0.2) is 0 Å². The minimum absolute atomic E-state index is 0.000764. The van der Waals surface area contributed by atoms with Crippen molar-refractivity contribution in [1.29, 1.82) is 0 Å². The number of anilines is 2. The van der Waals surface area contributed by atoms with Crippen molar-refractivity contribution in [3.63, 3.8) is 0 Å². The standard InChI is InChI=1S/C26H28ClN5O3.C15H20ClN3O.C11H10N2O3/c1-26(10-11-26)30-24(34)17-6-7-21(19(27)16-17)31-12-14-32(15-13-31)23(33)9-8-22-28-20-5-3-2-4-18(20)25(35)29-22;1-15(4-5-15)18-14(20)11-2-3-13(12(16)10-11)19-8-6-17-7-9-19;14-10(15)6-5-9-12-8-4-2-1-3-7(8)11(16)13-9/h2-7,16H,8-15H2,1H3,(H,30,34)(H,28,29,35);2-3,10,17H,4-9H2,1H3,(H,18,20);1-4H,5-6H2,(H,14,15)(H,12,13,16). The number of hydrogen-bond acceptors (Lipinski definition) is 11. The second-order valence-corrected chi connectivity index (χ2v) is 19.7. The molecule has 3 amide bonds. The molecule has 372 valence electrons. The quantitative estimate of drug-likeness (QED) is 0.0817. The third-order valence-electron chi connectivity index (χ3n) is 13.2. The van der Waals surface area contributed by atoms with Crippen LogP contribution in [0.2, 0.25) is 10.0 Å². The van der Waals surface area contributed by atoms with Crippen molar-refractivity contribution in [2.24, 2.45) is 0 Å². The van der Waals surface area contributed by atoms with Crippen LogP contribution in [0.25, 0.3) is 21.8 Å². The highest BCUT2D eigenvalue weighted by Crippen LogP contribution is 2.36. The summed E-state index contributed by atoms with van der Waals surface area (Å²) in [5, 5.41) is 20.2. The number of carboxylic acid groups (broad SMARTS) is 1. The number of nitrogens with one attached hydrogen (secondary N) is 5. The van der Waals surface area contributed by atoms with Crippen LogP contribution in [0.5, 0.6) is 0 Å². The van der Waals surface area contributed by atoms with Crippen molar-refractivity contribution in [3.05, 3.63) is 138 Å². The van der Waals surface area contributed by atoms with Gasteiger partial charge < -0.3 is 45.7 Å². The number of aromatic amines is 2. The van der Waals surface area contributed by atoms with Crippen molar-refractivity contribution in [2.45, 2.75) is 76.3 Å². The molecule has 2 saturated carbocycles. The molecule has 0 spiro atoms. The number of aromatic nitrogens is 4. The van der Waals surface area contributed by atoms with Crippen molar-refractivity contribution in [3.8, 4) is 0 Å². The SMILES string of the molecule is CC1(NC(=O)c2ccc(N3CCN(C(=O)CCc4nc5ccccc5c(=O)[nH]4)CC3)c(Cl)c2)CC1.CC1(NC(=O)c2ccc(N3CCNCC3)c(Cl)c2)CC1.O=C(O)CCc1nc2ccccc2c(=O)[nH]1. The summed E-state index contributed by atoms with van der Waals surface area (Å²) in [7, 11) is 0. The molecule has 0 bridgehead atoms. The first kappa shape index (κ1) is 50.6. The van der Waals surface area contributed by atoms with Crippen molar-refractivity contribution >= 4 is 80.1 Å². The molecule has 2 aromatic heterocycles. The number of carbonyl (C=O) groups is 4. The van der Waals surface area contributed by atoms with E-state index in [1.54, 1.807) is 60.7 Å². The van der Waals surface area contributed by atoms with Gasteiger partial charge >= 0.3 is 5.97 Å². The van der Waals surface area contributed by atoms with E-state index >= 15 is 0 Å². The van der Waals surface area contributed by atoms with Gasteiger partial charge in [-0.1, -0.05) is 47.5 Å². The van der Waals surface area contributed by atoms with E-state index in [2.05, 4.69) is 52.6 Å². The monoisotopic (exact) mass is 1000 g/mol. The molecular weight excluding hydrogens is 948 g/mol. The summed E-state index contributed by atoms with van der Waals surface area (Å²) in [6.45, 7) is 10.4. The number of rotatable bonds is 12. The number of nitrogens with zero attached hydrogens (tertiary/aromatic N) is 5. The Hall–Kier alpha value is -6.82. The number of piperazine rings is 2. The third-order valence-corrected chi connectivity index (χ3v) is 13.8. The third kappa shape index (κ3) is 13.3. The molecule has 17 nitrogen and oxygen atoms in total. The van der Waals surface area contributed by atoms with Gasteiger partial charge in [0.1, 0.15) is 11.6 Å². The van der Waals surface area contributed by atoms with Gasteiger partial charge in [-0.05, 0) is 100 Å². The molecule has 6 aromatic rings. The van der Waals surface area contributed by atoms with Crippen LogP contribution in [0.1, 0.15) is 84.7 Å². The lowest BCUT2D eigenvalue weighted by Crippen LogP contribution is -2.49. The second-order valence-electron chi connectivity index (χ2n) is 18.9. The number of H-pyrrole nitrogens is 2. The number of carbonyl (C=O) groups excluding carboxylic acids is 3. The number of para-hydroxylation sites is 2. The van der Waals surface area contributed by atoms with Crippen LogP contribution < -0.4 is 36.9 Å². The van der Waals surface area contributed by atoms with Crippen LogP contribution in [0, 0.1) is 0 Å². The molecule has 4 aliphatic rings. The largest absolute Gasteiger partial charge is 0.481 e. The van der Waals surface area contributed by atoms with Crippen LogP contribution in [-0.2, 0) is 22.4 Å². The molecule has 6 N–H and O–H groups in total. The van der Waals surface area contributed by atoms with E-state index in [0.29, 0.717) is 87.2 Å². The summed E-state index contributed by atoms with van der Waals surface area (Å²) in [5.74, 6) is -0.0730. The number of hydrogen-bond donors (Lipinski definition) is 6. The lowest BCUT2D eigenvalue weighted by Gasteiger charge is -2.36. The van der Waals surface area contributed by atoms with Gasteiger partial charge in [0.2, 0.25) is 5.91 Å². The van der Waals surface area contributed by atoms with Crippen LogP contribution >= 0.6 is 23.2 Å². The van der Waals surface area contributed by atoms with E-state index in [1.807, 2.05) is 36.1 Å². The first-order valence-electron chi connectivity index (χ1n) is 24.0. The molecule has 2 aliphatic carbocycles. The van der Waals surface area contributed by atoms with Crippen LogP contribution in [0.3, 0.4) is 0 Å². The zero-order valence-corrected chi connectivity index (χ0v) is 41.3. The Labute approximate surface area is 420 Å². The predicted molar refractivity (Wildman–Crippen MR) is 276 cm³/mol. The molecule has 71 heavy (non-hydrogen) atoms. The Bertz CT molecular complexity index is 3070. The number of halogens is 2. The van der Waals surface area contributed by atoms with E-state index in [1.165, 1.54) is 0 Å². The molecule has 0 radical (unpaired) electrons. The fourth-order valence-corrected chi connectivity index (χ4v) is 8.94. The van der Waals surface area contributed by atoms with Gasteiger partial charge in [0.05, 0.1) is 49.6 Å². The average Bonchev–Trinajstić information content (AvgIpc) is 4.30. The lowest BCUT2D eigenvalue weighted by atomic mass is 10.1. The maximum atomic E-state index is 12.8. The first-order chi connectivity index (χ1) is 34.0. The fourth-order valence-electron chi connectivity index (χ4n) is 8.34. The topological polar surface area (TPSA) is 226 Å². The normalized spacial score (nSPS) is 16.5. The number of amides is 3. The molecule has 4 aromatic carbocycles. The van der Waals surface area contributed by atoms with Gasteiger partial charge in [-0.25, -0.2) is 9.97 Å². The van der Waals surface area contributed by atoms with Gasteiger partial charge in [0.25, 0.3) is 22.9 Å². The highest BCUT2D eigenvalue weighted by molar-refractivity contribution is 6.34. The van der Waals surface area contributed by atoms with Gasteiger partial charge in [-0.3, -0.25) is 28.8 Å². The molecule has 2 aliphatic heterocycles. The fraction of sp³-hybridized carbons (Fsp3) is 0.385. The van der Waals surface area contributed by atoms with E-state index in [0.717, 1.165) is 63.2 Å². The summed E-state index contributed by atoms with van der Waals surface area (Å²) in [5.41, 5.74) is 3.81. The summed E-state index contributed by atoms with van der Waals surface area (Å²) in [6.07, 6.45) is 4.99. The molecule has 4 heterocycles. The number of aryl methyl sites for hydroxylation is 2. The number of fused-ring (bicyclic) bond motifs is 2. The molecular formula is C52H58Cl2N10O7. The Kier molecular flexibility index (Phi) is 15.7. The van der Waals surface area contributed by atoms with E-state index in [4.69, 9.17) is 28.3 Å². The van der Waals surface area contributed by atoms with Crippen molar-refractivity contribution in [1.82, 2.24) is 40.8 Å². The number of benzene rings is 4. The summed E-state index contributed by atoms with van der Waals surface area (Å²) in [4.78, 5) is 91.9. The first-order valence-corrected chi connectivity index (χ1v) is 24.7. The Morgan fingerprint density at radius 2 is 1.06 bits per heavy atom. The minimum atomic E-state index is -0.907. The summed E-state index contributed by atoms with van der Waals surface area (Å²) >= 11 is 12.9. The maximum absolute atomic E-state index is 12.8. The van der Waals surface area contributed by atoms with Gasteiger partial charge in [-0.2, -0.15) is 0 Å². The summed E-state index contributed by atoms with van der Waals surface area (Å²) in [6, 6.07) is 25.1. The zero-order valence-electron chi connectivity index (χ0n) is 39.8. The molecule has 0 atom stereocenters. The number of aliphatic carboxylic acids is 1. The zero-order chi connectivity index (χ0) is 50.3. The van der Waals surface area contributed by atoms with Gasteiger partial charge in [0, 0.05) is 93.8 Å².